The van der Waals surface area contributed by atoms with Crippen molar-refractivity contribution in [3.05, 3.63) is 34.9 Å². The second kappa shape index (κ2) is 10.2. The van der Waals surface area contributed by atoms with Gasteiger partial charge in [-0.1, -0.05) is 29.8 Å². The maximum absolute atomic E-state index is 10.9. The molecule has 0 aliphatic heterocycles. The first-order valence-corrected chi connectivity index (χ1v) is 8.66. The van der Waals surface area contributed by atoms with Gasteiger partial charge >= 0.3 is 0 Å². The molecule has 0 heterocycles. The van der Waals surface area contributed by atoms with Crippen LogP contribution < -0.4 is 10.5 Å². The number of primary sulfonamides is 1. The molecule has 1 aromatic carbocycles. The summed E-state index contributed by atoms with van der Waals surface area (Å²) in [6.07, 6.45) is 0. The van der Waals surface area contributed by atoms with Crippen LogP contribution in [0.15, 0.2) is 29.3 Å². The van der Waals surface area contributed by atoms with Crippen molar-refractivity contribution >= 4 is 51.6 Å². The Bertz CT molecular complexity index is 595. The zero-order chi connectivity index (χ0) is 15.9. The van der Waals surface area contributed by atoms with Crippen molar-refractivity contribution < 1.29 is 8.42 Å². The molecule has 6 nitrogen and oxygen atoms in total. The first-order valence-electron chi connectivity index (χ1n) is 6.57. The van der Waals surface area contributed by atoms with E-state index in [1.165, 1.54) is 0 Å². The Hall–Kier alpha value is -0.580. The minimum absolute atomic E-state index is 0. The van der Waals surface area contributed by atoms with Crippen LogP contribution in [-0.4, -0.2) is 45.2 Å². The van der Waals surface area contributed by atoms with Crippen molar-refractivity contribution in [2.75, 3.05) is 25.9 Å². The molecule has 0 spiro atoms. The SMILES string of the molecule is CCNC(=NCCS(N)(=O)=O)N(C)Cc1ccccc1Cl.I. The molecule has 0 atom stereocenters. The normalized spacial score (nSPS) is 11.7. The zero-order valence-corrected chi connectivity index (χ0v) is 16.5. The summed E-state index contributed by atoms with van der Waals surface area (Å²) >= 11 is 6.13. The van der Waals surface area contributed by atoms with Crippen LogP contribution in [-0.2, 0) is 16.6 Å². The highest BCUT2D eigenvalue weighted by Gasteiger charge is 2.09. The molecule has 0 radical (unpaired) electrons. The molecule has 0 fully saturated rings. The summed E-state index contributed by atoms with van der Waals surface area (Å²) < 4.78 is 21.9. The second-order valence-corrected chi connectivity index (χ2v) is 6.69. The Morgan fingerprint density at radius 2 is 2.05 bits per heavy atom. The lowest BCUT2D eigenvalue weighted by Gasteiger charge is -2.22. The number of nitrogens with one attached hydrogen (secondary N) is 1. The van der Waals surface area contributed by atoms with Crippen molar-refractivity contribution in [3.63, 3.8) is 0 Å². The number of guanidine groups is 1. The van der Waals surface area contributed by atoms with E-state index in [0.717, 1.165) is 5.56 Å². The lowest BCUT2D eigenvalue weighted by Crippen LogP contribution is -2.39. The molecule has 0 saturated heterocycles. The fourth-order valence-corrected chi connectivity index (χ4v) is 2.25. The fraction of sp³-hybridized carbons (Fsp3) is 0.462. The highest BCUT2D eigenvalue weighted by Crippen LogP contribution is 2.16. The monoisotopic (exact) mass is 460 g/mol. The van der Waals surface area contributed by atoms with Crippen LogP contribution in [0.5, 0.6) is 0 Å². The van der Waals surface area contributed by atoms with Gasteiger partial charge in [0.1, 0.15) is 0 Å². The molecule has 0 amide bonds. The van der Waals surface area contributed by atoms with Gasteiger partial charge in [0.25, 0.3) is 0 Å². The topological polar surface area (TPSA) is 87.8 Å². The molecule has 22 heavy (non-hydrogen) atoms. The molecule has 0 bridgehead atoms. The molecule has 1 aromatic rings. The van der Waals surface area contributed by atoms with Crippen LogP contribution in [0.25, 0.3) is 0 Å². The number of hydrogen-bond donors (Lipinski definition) is 2. The van der Waals surface area contributed by atoms with E-state index in [9.17, 15) is 8.42 Å². The smallest absolute Gasteiger partial charge is 0.210 e. The number of benzene rings is 1. The second-order valence-electron chi connectivity index (χ2n) is 4.55. The first-order chi connectivity index (χ1) is 9.83. The molecule has 126 valence electrons. The number of halogens is 2. The van der Waals surface area contributed by atoms with Crippen LogP contribution in [0.2, 0.25) is 5.02 Å². The minimum atomic E-state index is -3.50. The van der Waals surface area contributed by atoms with Crippen molar-refractivity contribution in [1.82, 2.24) is 10.2 Å². The number of sulfonamides is 1. The molecule has 3 N–H and O–H groups in total. The van der Waals surface area contributed by atoms with E-state index in [1.54, 1.807) is 0 Å². The highest BCUT2D eigenvalue weighted by molar-refractivity contribution is 14.0. The largest absolute Gasteiger partial charge is 0.357 e. The highest BCUT2D eigenvalue weighted by atomic mass is 127. The molecule has 0 saturated carbocycles. The van der Waals surface area contributed by atoms with Gasteiger partial charge in [-0.05, 0) is 18.6 Å². The summed E-state index contributed by atoms with van der Waals surface area (Å²) in [6, 6.07) is 7.56. The Labute approximate surface area is 154 Å². The van der Waals surface area contributed by atoms with Crippen molar-refractivity contribution in [2.45, 2.75) is 13.5 Å². The van der Waals surface area contributed by atoms with Crippen LogP contribution in [0.1, 0.15) is 12.5 Å². The Balaban J connectivity index is 0.00000441. The first kappa shape index (κ1) is 21.4. The summed E-state index contributed by atoms with van der Waals surface area (Å²) in [6.45, 7) is 3.31. The van der Waals surface area contributed by atoms with Gasteiger partial charge in [0, 0.05) is 25.2 Å². The van der Waals surface area contributed by atoms with Crippen molar-refractivity contribution in [3.8, 4) is 0 Å². The fourth-order valence-electron chi connectivity index (χ4n) is 1.71. The molecule has 0 aliphatic rings. The predicted octanol–water partition coefficient (Wildman–Crippen LogP) is 1.64. The van der Waals surface area contributed by atoms with Crippen LogP contribution >= 0.6 is 35.6 Å². The van der Waals surface area contributed by atoms with Gasteiger partial charge in [-0.25, -0.2) is 13.6 Å². The average Bonchev–Trinajstić information content (AvgIpc) is 2.39. The molecule has 1 rings (SSSR count). The van der Waals surface area contributed by atoms with Gasteiger partial charge in [-0.15, -0.1) is 24.0 Å². The van der Waals surface area contributed by atoms with Gasteiger partial charge in [-0.2, -0.15) is 0 Å². The van der Waals surface area contributed by atoms with E-state index in [1.807, 2.05) is 43.1 Å². The van der Waals surface area contributed by atoms with Crippen LogP contribution in [0.4, 0.5) is 0 Å². The quantitative estimate of drug-likeness (QED) is 0.384. The van der Waals surface area contributed by atoms with Crippen molar-refractivity contribution in [1.29, 1.82) is 0 Å². The van der Waals surface area contributed by atoms with E-state index >= 15 is 0 Å². The Morgan fingerprint density at radius 1 is 1.41 bits per heavy atom. The number of hydrogen-bond acceptors (Lipinski definition) is 3. The zero-order valence-electron chi connectivity index (χ0n) is 12.6. The van der Waals surface area contributed by atoms with E-state index in [4.69, 9.17) is 16.7 Å². The minimum Gasteiger partial charge on any atom is -0.357 e. The third kappa shape index (κ3) is 8.16. The summed E-state index contributed by atoms with van der Waals surface area (Å²) in [7, 11) is -1.64. The predicted molar refractivity (Wildman–Crippen MR) is 102 cm³/mol. The lowest BCUT2D eigenvalue weighted by atomic mass is 10.2. The lowest BCUT2D eigenvalue weighted by molar-refractivity contribution is 0.477. The molecular formula is C13H22ClIN4O2S. The molecule has 0 aromatic heterocycles. The standard InChI is InChI=1S/C13H21ClN4O2S.HI/c1-3-16-13(17-8-9-21(15,19)20)18(2)10-11-6-4-5-7-12(11)14;/h4-7H,3,8-10H2,1-2H3,(H,16,17)(H2,15,19,20);1H. The summed E-state index contributed by atoms with van der Waals surface area (Å²) in [4.78, 5) is 6.14. The van der Waals surface area contributed by atoms with E-state index in [2.05, 4.69) is 10.3 Å². The number of aliphatic imine (C=N–C) groups is 1. The van der Waals surface area contributed by atoms with Crippen LogP contribution in [0.3, 0.4) is 0 Å². The van der Waals surface area contributed by atoms with Crippen LogP contribution in [0, 0.1) is 0 Å². The summed E-state index contributed by atoms with van der Waals surface area (Å²) in [5.74, 6) is 0.433. The Morgan fingerprint density at radius 3 is 2.59 bits per heavy atom. The molecule has 0 aliphatic carbocycles. The number of rotatable bonds is 6. The van der Waals surface area contributed by atoms with Crippen molar-refractivity contribution in [2.24, 2.45) is 10.1 Å². The van der Waals surface area contributed by atoms with Gasteiger partial charge in [-0.3, -0.25) is 4.99 Å². The average molecular weight is 461 g/mol. The third-order valence-electron chi connectivity index (χ3n) is 2.70. The Kier molecular flexibility index (Phi) is 9.97. The molecule has 0 unspecified atom stereocenters. The third-order valence-corrected chi connectivity index (χ3v) is 3.82. The van der Waals surface area contributed by atoms with E-state index in [0.29, 0.717) is 24.1 Å². The molecular weight excluding hydrogens is 439 g/mol. The van der Waals surface area contributed by atoms with E-state index < -0.39 is 10.0 Å². The van der Waals surface area contributed by atoms with Gasteiger partial charge < -0.3 is 10.2 Å². The van der Waals surface area contributed by atoms with Gasteiger partial charge in [0.15, 0.2) is 5.96 Å². The van der Waals surface area contributed by atoms with Gasteiger partial charge in [0.05, 0.1) is 12.3 Å². The molecule has 9 heteroatoms. The number of nitrogens with zero attached hydrogens (tertiary/aromatic N) is 2. The maximum atomic E-state index is 10.9. The summed E-state index contributed by atoms with van der Waals surface area (Å²) in [5.41, 5.74) is 0.971. The van der Waals surface area contributed by atoms with Gasteiger partial charge in [0.2, 0.25) is 10.0 Å². The maximum Gasteiger partial charge on any atom is 0.210 e. The van der Waals surface area contributed by atoms with E-state index in [-0.39, 0.29) is 36.3 Å². The summed E-state index contributed by atoms with van der Waals surface area (Å²) in [5, 5.41) is 8.76. The number of nitrogens with two attached hydrogens (primary N) is 1.